The van der Waals surface area contributed by atoms with Crippen molar-refractivity contribution in [2.45, 2.75) is 33.1 Å². The van der Waals surface area contributed by atoms with Gasteiger partial charge in [0.15, 0.2) is 0 Å². The van der Waals surface area contributed by atoms with E-state index in [4.69, 9.17) is 5.11 Å². The summed E-state index contributed by atoms with van der Waals surface area (Å²) >= 11 is 1.48. The summed E-state index contributed by atoms with van der Waals surface area (Å²) in [5.41, 5.74) is 0.422. The van der Waals surface area contributed by atoms with Crippen LogP contribution in [0.2, 0.25) is 0 Å². The minimum Gasteiger partial charge on any atom is -0.481 e. The zero-order valence-electron chi connectivity index (χ0n) is 10.6. The van der Waals surface area contributed by atoms with Crippen LogP contribution in [0.4, 0.5) is 0 Å². The fourth-order valence-electron chi connectivity index (χ4n) is 1.39. The van der Waals surface area contributed by atoms with Gasteiger partial charge in [0, 0.05) is 24.8 Å². The van der Waals surface area contributed by atoms with Gasteiger partial charge in [0.25, 0.3) is 5.91 Å². The molecular formula is C12H18N2O3S. The van der Waals surface area contributed by atoms with Gasteiger partial charge in [-0.2, -0.15) is 0 Å². The average Bonchev–Trinajstić information content (AvgIpc) is 2.71. The predicted molar refractivity (Wildman–Crippen MR) is 69.9 cm³/mol. The van der Waals surface area contributed by atoms with Crippen molar-refractivity contribution in [1.29, 1.82) is 0 Å². The number of aliphatic carboxylic acids is 1. The molecule has 5 nitrogen and oxygen atoms in total. The van der Waals surface area contributed by atoms with E-state index in [-0.39, 0.29) is 12.3 Å². The van der Waals surface area contributed by atoms with E-state index in [0.717, 1.165) is 11.4 Å². The number of hydrogen-bond donors (Lipinski definition) is 2. The fraction of sp³-hybridized carbons (Fsp3) is 0.583. The molecule has 1 amide bonds. The van der Waals surface area contributed by atoms with Gasteiger partial charge >= 0.3 is 5.97 Å². The van der Waals surface area contributed by atoms with Crippen LogP contribution in [0.25, 0.3) is 0 Å². The lowest BCUT2D eigenvalue weighted by molar-refractivity contribution is -0.137. The summed E-state index contributed by atoms with van der Waals surface area (Å²) in [6.07, 6.45) is 1.37. The Hall–Kier alpha value is -1.43. The summed E-state index contributed by atoms with van der Waals surface area (Å²) in [5, 5.41) is 13.8. The van der Waals surface area contributed by atoms with Gasteiger partial charge in [-0.3, -0.25) is 9.59 Å². The van der Waals surface area contributed by atoms with Crippen LogP contribution in [0.15, 0.2) is 5.38 Å². The normalized spacial score (nSPS) is 10.6. The second-order valence-electron chi connectivity index (χ2n) is 4.48. The zero-order chi connectivity index (χ0) is 13.5. The number of carbonyl (C=O) groups is 2. The highest BCUT2D eigenvalue weighted by Gasteiger charge is 2.11. The van der Waals surface area contributed by atoms with Crippen molar-refractivity contribution >= 4 is 23.2 Å². The van der Waals surface area contributed by atoms with Crippen molar-refractivity contribution in [3.05, 3.63) is 16.1 Å². The summed E-state index contributed by atoms with van der Waals surface area (Å²) in [5.74, 6) is -0.564. The van der Waals surface area contributed by atoms with E-state index < -0.39 is 5.97 Å². The molecule has 18 heavy (non-hydrogen) atoms. The molecule has 0 atom stereocenters. The summed E-state index contributed by atoms with van der Waals surface area (Å²) in [6.45, 7) is 4.57. The Morgan fingerprint density at radius 1 is 1.50 bits per heavy atom. The third kappa shape index (κ3) is 5.27. The number of carboxylic acids is 1. The summed E-state index contributed by atoms with van der Waals surface area (Å²) in [4.78, 5) is 26.2. The Kier molecular flexibility index (Phi) is 5.77. The van der Waals surface area contributed by atoms with Crippen LogP contribution >= 0.6 is 11.3 Å². The quantitative estimate of drug-likeness (QED) is 0.742. The lowest BCUT2D eigenvalue weighted by Gasteiger charge is -2.01. The van der Waals surface area contributed by atoms with E-state index in [9.17, 15) is 9.59 Å². The predicted octanol–water partition coefficient (Wildman–Crippen LogP) is 1.94. The van der Waals surface area contributed by atoms with E-state index in [2.05, 4.69) is 24.1 Å². The number of thiazole rings is 1. The minimum absolute atomic E-state index is 0.0654. The van der Waals surface area contributed by atoms with E-state index in [1.165, 1.54) is 11.3 Å². The number of aromatic nitrogens is 1. The Morgan fingerprint density at radius 3 is 2.83 bits per heavy atom. The maximum atomic E-state index is 11.7. The first-order chi connectivity index (χ1) is 8.49. The fourth-order valence-corrected chi connectivity index (χ4v) is 2.38. The first-order valence-corrected chi connectivity index (χ1v) is 6.81. The van der Waals surface area contributed by atoms with Crippen LogP contribution in [-0.4, -0.2) is 28.5 Å². The van der Waals surface area contributed by atoms with Gasteiger partial charge in [0.05, 0.1) is 5.01 Å². The van der Waals surface area contributed by atoms with Crippen LogP contribution < -0.4 is 5.32 Å². The molecule has 2 N–H and O–H groups in total. The molecule has 0 bridgehead atoms. The standard InChI is InChI=1S/C12H18N2O3S/c1-8(2)6-10-14-9(7-18-10)12(17)13-5-3-4-11(15)16/h7-8H,3-6H2,1-2H3,(H,13,17)(H,15,16). The van der Waals surface area contributed by atoms with E-state index >= 15 is 0 Å². The number of nitrogens with zero attached hydrogens (tertiary/aromatic N) is 1. The summed E-state index contributed by atoms with van der Waals surface area (Å²) in [6, 6.07) is 0. The average molecular weight is 270 g/mol. The van der Waals surface area contributed by atoms with Crippen LogP contribution in [0, 0.1) is 5.92 Å². The first kappa shape index (κ1) is 14.6. The van der Waals surface area contributed by atoms with Gasteiger partial charge in [0.2, 0.25) is 0 Å². The van der Waals surface area contributed by atoms with Crippen LogP contribution in [-0.2, 0) is 11.2 Å². The monoisotopic (exact) mass is 270 g/mol. The lowest BCUT2D eigenvalue weighted by Crippen LogP contribution is -2.25. The molecule has 0 aliphatic rings. The number of nitrogens with one attached hydrogen (secondary N) is 1. The van der Waals surface area contributed by atoms with E-state index in [0.29, 0.717) is 24.6 Å². The maximum absolute atomic E-state index is 11.7. The minimum atomic E-state index is -0.850. The van der Waals surface area contributed by atoms with E-state index in [1.807, 2.05) is 0 Å². The summed E-state index contributed by atoms with van der Waals surface area (Å²) in [7, 11) is 0. The van der Waals surface area contributed by atoms with Gasteiger partial charge in [-0.05, 0) is 12.3 Å². The molecule has 6 heteroatoms. The molecule has 0 aromatic carbocycles. The highest BCUT2D eigenvalue weighted by atomic mass is 32.1. The number of carboxylic acid groups (broad SMARTS) is 1. The molecule has 0 radical (unpaired) electrons. The molecule has 0 saturated heterocycles. The van der Waals surface area contributed by atoms with Crippen molar-refractivity contribution in [1.82, 2.24) is 10.3 Å². The van der Waals surface area contributed by atoms with Gasteiger partial charge < -0.3 is 10.4 Å². The Morgan fingerprint density at radius 2 is 2.22 bits per heavy atom. The highest BCUT2D eigenvalue weighted by Crippen LogP contribution is 2.14. The third-order valence-electron chi connectivity index (χ3n) is 2.22. The summed E-state index contributed by atoms with van der Waals surface area (Å²) < 4.78 is 0. The number of carbonyl (C=O) groups excluding carboxylic acids is 1. The molecular weight excluding hydrogens is 252 g/mol. The number of rotatable bonds is 7. The smallest absolute Gasteiger partial charge is 0.303 e. The van der Waals surface area contributed by atoms with Crippen molar-refractivity contribution in [2.24, 2.45) is 5.92 Å². The van der Waals surface area contributed by atoms with Gasteiger partial charge in [-0.15, -0.1) is 11.3 Å². The molecule has 0 saturated carbocycles. The van der Waals surface area contributed by atoms with E-state index in [1.54, 1.807) is 5.38 Å². The Labute approximate surface area is 110 Å². The second-order valence-corrected chi connectivity index (χ2v) is 5.42. The number of hydrogen-bond acceptors (Lipinski definition) is 4. The Bertz CT molecular complexity index is 415. The van der Waals surface area contributed by atoms with Crippen LogP contribution in [0.1, 0.15) is 42.2 Å². The first-order valence-electron chi connectivity index (χ1n) is 5.93. The van der Waals surface area contributed by atoms with Crippen molar-refractivity contribution in [3.63, 3.8) is 0 Å². The van der Waals surface area contributed by atoms with Gasteiger partial charge in [-0.1, -0.05) is 13.8 Å². The van der Waals surface area contributed by atoms with Gasteiger partial charge in [-0.25, -0.2) is 4.98 Å². The largest absolute Gasteiger partial charge is 0.481 e. The molecule has 100 valence electrons. The lowest BCUT2D eigenvalue weighted by atomic mass is 10.1. The molecule has 0 fully saturated rings. The Balaban J connectivity index is 2.37. The maximum Gasteiger partial charge on any atom is 0.303 e. The number of amides is 1. The SMILES string of the molecule is CC(C)Cc1nc(C(=O)NCCCC(=O)O)cs1. The molecule has 0 aliphatic carbocycles. The molecule has 1 rings (SSSR count). The van der Waals surface area contributed by atoms with Crippen molar-refractivity contribution in [3.8, 4) is 0 Å². The van der Waals surface area contributed by atoms with Crippen molar-refractivity contribution < 1.29 is 14.7 Å². The molecule has 0 unspecified atom stereocenters. The van der Waals surface area contributed by atoms with Crippen molar-refractivity contribution in [2.75, 3.05) is 6.54 Å². The second kappa shape index (κ2) is 7.10. The molecule has 0 spiro atoms. The zero-order valence-corrected chi connectivity index (χ0v) is 11.4. The molecule has 1 heterocycles. The van der Waals surface area contributed by atoms with Gasteiger partial charge in [0.1, 0.15) is 5.69 Å². The molecule has 1 aromatic heterocycles. The van der Waals surface area contributed by atoms with Crippen LogP contribution in [0.5, 0.6) is 0 Å². The molecule has 0 aliphatic heterocycles. The third-order valence-corrected chi connectivity index (χ3v) is 3.09. The topological polar surface area (TPSA) is 79.3 Å². The van der Waals surface area contributed by atoms with Crippen LogP contribution in [0.3, 0.4) is 0 Å². The molecule has 1 aromatic rings. The highest BCUT2D eigenvalue weighted by molar-refractivity contribution is 7.09.